The first-order valence-corrected chi connectivity index (χ1v) is 8.90. The molecule has 2 N–H and O–H groups in total. The van der Waals surface area contributed by atoms with E-state index in [1.165, 1.54) is 4.90 Å². The lowest BCUT2D eigenvalue weighted by Gasteiger charge is -2.16. The van der Waals surface area contributed by atoms with Crippen molar-refractivity contribution >= 4 is 50.9 Å². The molecule has 0 unspecified atom stereocenters. The van der Waals surface area contributed by atoms with Crippen LogP contribution >= 0.6 is 23.2 Å². The van der Waals surface area contributed by atoms with Gasteiger partial charge in [-0.3, -0.25) is 9.59 Å². The van der Waals surface area contributed by atoms with Gasteiger partial charge in [0.2, 0.25) is 0 Å². The molecule has 0 fully saturated rings. The Morgan fingerprint density at radius 3 is 2.70 bits per heavy atom. The molecule has 0 spiro atoms. The average Bonchev–Trinajstić information content (AvgIpc) is 2.97. The second-order valence-electron chi connectivity index (χ2n) is 6.19. The predicted molar refractivity (Wildman–Crippen MR) is 106 cm³/mol. The molecule has 2 heterocycles. The zero-order valence-electron chi connectivity index (χ0n) is 14.2. The highest BCUT2D eigenvalue weighted by Crippen LogP contribution is 2.30. The Kier molecular flexibility index (Phi) is 4.37. The van der Waals surface area contributed by atoms with E-state index in [2.05, 4.69) is 15.0 Å². The highest BCUT2D eigenvalue weighted by atomic mass is 35.5. The summed E-state index contributed by atoms with van der Waals surface area (Å²) >= 11 is 12.4. The number of para-hydroxylation sites is 1. The summed E-state index contributed by atoms with van der Waals surface area (Å²) in [6.45, 7) is 0.130. The largest absolute Gasteiger partial charge is 0.349 e. The Hall–Kier alpha value is -2.83. The van der Waals surface area contributed by atoms with Crippen LogP contribution in [0.1, 0.15) is 16.3 Å². The molecule has 136 valence electrons. The van der Waals surface area contributed by atoms with Gasteiger partial charge in [0.1, 0.15) is 11.5 Å². The number of nitrogens with one attached hydrogen (secondary N) is 2. The molecule has 0 aliphatic rings. The summed E-state index contributed by atoms with van der Waals surface area (Å²) in [5, 5.41) is 2.03. The Morgan fingerprint density at radius 2 is 1.89 bits per heavy atom. The lowest BCUT2D eigenvalue weighted by molar-refractivity contribution is 0.0777. The van der Waals surface area contributed by atoms with Gasteiger partial charge in [0.15, 0.2) is 0 Å². The minimum atomic E-state index is -0.317. The summed E-state index contributed by atoms with van der Waals surface area (Å²) in [5.74, 6) is 0.0768. The zero-order valence-corrected chi connectivity index (χ0v) is 15.7. The number of halogens is 2. The van der Waals surface area contributed by atoms with Crippen LogP contribution in [0.25, 0.3) is 21.8 Å². The quantitative estimate of drug-likeness (QED) is 0.545. The number of carbonyl (C=O) groups is 1. The van der Waals surface area contributed by atoms with Crippen molar-refractivity contribution in [1.82, 2.24) is 19.9 Å². The fourth-order valence-corrected chi connectivity index (χ4v) is 3.43. The molecule has 4 aromatic rings. The van der Waals surface area contributed by atoms with E-state index in [1.54, 1.807) is 43.4 Å². The number of nitrogens with zero attached hydrogens (tertiary/aromatic N) is 2. The van der Waals surface area contributed by atoms with Crippen molar-refractivity contribution in [3.8, 4) is 0 Å². The van der Waals surface area contributed by atoms with Crippen LogP contribution in [0, 0.1) is 0 Å². The molecular formula is C19H14Cl2N4O2. The van der Waals surface area contributed by atoms with Crippen molar-refractivity contribution in [1.29, 1.82) is 0 Å². The van der Waals surface area contributed by atoms with Gasteiger partial charge >= 0.3 is 0 Å². The van der Waals surface area contributed by atoms with Gasteiger partial charge < -0.3 is 14.9 Å². The fraction of sp³-hybridized carbons (Fsp3) is 0.105. The molecule has 6 nitrogen and oxygen atoms in total. The van der Waals surface area contributed by atoms with Crippen LogP contribution in [0.4, 0.5) is 0 Å². The highest BCUT2D eigenvalue weighted by Gasteiger charge is 2.21. The van der Waals surface area contributed by atoms with E-state index in [-0.39, 0.29) is 23.7 Å². The maximum atomic E-state index is 12.8. The maximum Gasteiger partial charge on any atom is 0.272 e. The topological polar surface area (TPSA) is 81.8 Å². The van der Waals surface area contributed by atoms with Gasteiger partial charge in [0.25, 0.3) is 11.5 Å². The van der Waals surface area contributed by atoms with Crippen molar-refractivity contribution in [3.05, 3.63) is 74.4 Å². The number of hydrogen-bond acceptors (Lipinski definition) is 3. The Balaban J connectivity index is 1.65. The molecule has 8 heteroatoms. The summed E-state index contributed by atoms with van der Waals surface area (Å²) in [4.78, 5) is 36.6. The van der Waals surface area contributed by atoms with Crippen molar-refractivity contribution in [2.45, 2.75) is 6.54 Å². The molecular weight excluding hydrogens is 387 g/mol. The number of aromatic amines is 2. The van der Waals surface area contributed by atoms with Crippen LogP contribution in [0.15, 0.2) is 47.3 Å². The van der Waals surface area contributed by atoms with E-state index >= 15 is 0 Å². The lowest BCUT2D eigenvalue weighted by Crippen LogP contribution is -2.28. The van der Waals surface area contributed by atoms with Gasteiger partial charge in [-0.2, -0.15) is 0 Å². The first-order chi connectivity index (χ1) is 12.9. The predicted octanol–water partition coefficient (Wildman–Crippen LogP) is 3.98. The number of H-pyrrole nitrogens is 2. The summed E-state index contributed by atoms with van der Waals surface area (Å²) in [6, 6.07) is 12.2. The van der Waals surface area contributed by atoms with E-state index in [0.29, 0.717) is 32.2 Å². The third kappa shape index (κ3) is 3.18. The standard InChI is InChI=1S/C19H14Cl2N4O2/c1-25(9-15-22-13-5-3-2-4-11(13)18(26)24-15)19(27)17-16(21)12-8-10(20)6-7-14(12)23-17/h2-8,23H,9H2,1H3,(H,22,24,26). The summed E-state index contributed by atoms with van der Waals surface area (Å²) in [7, 11) is 1.62. The first-order valence-electron chi connectivity index (χ1n) is 8.14. The molecule has 0 saturated heterocycles. The van der Waals surface area contributed by atoms with Crippen molar-refractivity contribution in [2.75, 3.05) is 7.05 Å². The Bertz CT molecular complexity index is 1250. The number of aromatic nitrogens is 3. The SMILES string of the molecule is CN(Cc1nc2ccccc2c(=O)[nH]1)C(=O)c1[nH]c2ccc(Cl)cc2c1Cl. The minimum Gasteiger partial charge on any atom is -0.349 e. The third-order valence-corrected chi connectivity index (χ3v) is 4.93. The Morgan fingerprint density at radius 1 is 1.11 bits per heavy atom. The van der Waals surface area contributed by atoms with Crippen molar-refractivity contribution in [3.63, 3.8) is 0 Å². The number of rotatable bonds is 3. The van der Waals surface area contributed by atoms with Crippen molar-refractivity contribution in [2.24, 2.45) is 0 Å². The van der Waals surface area contributed by atoms with Crippen LogP contribution in [0.5, 0.6) is 0 Å². The van der Waals surface area contributed by atoms with Gasteiger partial charge in [-0.1, -0.05) is 35.3 Å². The van der Waals surface area contributed by atoms with Gasteiger partial charge in [-0.25, -0.2) is 4.98 Å². The van der Waals surface area contributed by atoms with Crippen molar-refractivity contribution < 1.29 is 4.79 Å². The smallest absolute Gasteiger partial charge is 0.272 e. The number of hydrogen-bond donors (Lipinski definition) is 2. The van der Waals surface area contributed by atoms with Crippen LogP contribution < -0.4 is 5.56 Å². The van der Waals surface area contributed by atoms with Crippen LogP contribution in [0.2, 0.25) is 10.0 Å². The molecule has 0 saturated carbocycles. The molecule has 4 rings (SSSR count). The number of benzene rings is 2. The molecule has 1 amide bonds. The summed E-state index contributed by atoms with van der Waals surface area (Å²) < 4.78 is 0. The van der Waals surface area contributed by atoms with Gasteiger partial charge in [0.05, 0.1) is 22.5 Å². The molecule has 0 radical (unpaired) electrons. The van der Waals surface area contributed by atoms with Crippen LogP contribution in [-0.2, 0) is 6.54 Å². The molecule has 2 aromatic carbocycles. The molecule has 27 heavy (non-hydrogen) atoms. The molecule has 2 aromatic heterocycles. The second-order valence-corrected chi connectivity index (χ2v) is 7.01. The average molecular weight is 401 g/mol. The second kappa shape index (κ2) is 6.72. The van der Waals surface area contributed by atoms with Crippen LogP contribution in [-0.4, -0.2) is 32.8 Å². The van der Waals surface area contributed by atoms with E-state index in [1.807, 2.05) is 6.07 Å². The molecule has 0 aliphatic heterocycles. The molecule has 0 aliphatic carbocycles. The fourth-order valence-electron chi connectivity index (χ4n) is 2.98. The van der Waals surface area contributed by atoms with Gasteiger partial charge in [0, 0.05) is 23.0 Å². The normalized spacial score (nSPS) is 11.2. The highest BCUT2D eigenvalue weighted by molar-refractivity contribution is 6.39. The summed E-state index contributed by atoms with van der Waals surface area (Å²) in [5.41, 5.74) is 1.32. The number of carbonyl (C=O) groups excluding carboxylic acids is 1. The lowest BCUT2D eigenvalue weighted by atomic mass is 10.2. The van der Waals surface area contributed by atoms with Gasteiger partial charge in [-0.15, -0.1) is 0 Å². The molecule has 0 bridgehead atoms. The molecule has 0 atom stereocenters. The first kappa shape index (κ1) is 17.6. The minimum absolute atomic E-state index is 0.130. The number of fused-ring (bicyclic) bond motifs is 2. The zero-order chi connectivity index (χ0) is 19.1. The maximum absolute atomic E-state index is 12.8. The summed E-state index contributed by atoms with van der Waals surface area (Å²) in [6.07, 6.45) is 0. The number of amides is 1. The van der Waals surface area contributed by atoms with E-state index in [9.17, 15) is 9.59 Å². The third-order valence-electron chi connectivity index (χ3n) is 4.31. The van der Waals surface area contributed by atoms with Crippen LogP contribution in [0.3, 0.4) is 0 Å². The Labute approximate surface area is 163 Å². The van der Waals surface area contributed by atoms with E-state index in [0.717, 1.165) is 5.52 Å². The van der Waals surface area contributed by atoms with E-state index in [4.69, 9.17) is 23.2 Å². The monoisotopic (exact) mass is 400 g/mol. The van der Waals surface area contributed by atoms with E-state index < -0.39 is 0 Å². The van der Waals surface area contributed by atoms with Gasteiger partial charge in [-0.05, 0) is 30.3 Å².